The number of carboxylic acid groups (broad SMARTS) is 1. The maximum Gasteiger partial charge on any atom is 0.308 e. The van der Waals surface area contributed by atoms with Gasteiger partial charge in [-0.05, 0) is 38.3 Å². The number of carboxylic acids is 1. The molecule has 0 radical (unpaired) electrons. The van der Waals surface area contributed by atoms with Gasteiger partial charge in [0.25, 0.3) is 0 Å². The van der Waals surface area contributed by atoms with Gasteiger partial charge in [-0.2, -0.15) is 0 Å². The van der Waals surface area contributed by atoms with Crippen LogP contribution in [-0.4, -0.2) is 37.2 Å². The molecule has 6 heteroatoms. The van der Waals surface area contributed by atoms with E-state index in [2.05, 4.69) is 5.32 Å². The molecule has 0 saturated carbocycles. The van der Waals surface area contributed by atoms with Gasteiger partial charge in [0, 0.05) is 18.5 Å². The molecular weight excluding hydrogens is 298 g/mol. The molecule has 0 aliphatic heterocycles. The van der Waals surface area contributed by atoms with Gasteiger partial charge in [-0.15, -0.1) is 0 Å². The zero-order chi connectivity index (χ0) is 17.4. The number of amides is 1. The van der Waals surface area contributed by atoms with Crippen molar-refractivity contribution in [3.63, 3.8) is 0 Å². The summed E-state index contributed by atoms with van der Waals surface area (Å²) in [7, 11) is 3.19. The maximum absolute atomic E-state index is 11.9. The van der Waals surface area contributed by atoms with Crippen LogP contribution in [0.5, 0.6) is 11.5 Å². The fraction of sp³-hybridized carbons (Fsp3) is 0.529. The minimum atomic E-state index is -0.916. The number of aliphatic carboxylic acids is 1. The molecule has 0 aliphatic rings. The summed E-state index contributed by atoms with van der Waals surface area (Å²) >= 11 is 0. The van der Waals surface area contributed by atoms with Crippen LogP contribution in [0.1, 0.15) is 32.3 Å². The van der Waals surface area contributed by atoms with Crippen molar-refractivity contribution in [2.75, 3.05) is 14.2 Å². The molecule has 2 unspecified atom stereocenters. The smallest absolute Gasteiger partial charge is 0.308 e. The van der Waals surface area contributed by atoms with Gasteiger partial charge in [0.05, 0.1) is 20.1 Å². The molecule has 0 fully saturated rings. The van der Waals surface area contributed by atoms with Gasteiger partial charge in [-0.1, -0.05) is 6.07 Å². The fourth-order valence-corrected chi connectivity index (χ4v) is 2.16. The van der Waals surface area contributed by atoms with Crippen LogP contribution in [0.2, 0.25) is 0 Å². The number of hydrogen-bond donors (Lipinski definition) is 2. The number of carbonyl (C=O) groups is 2. The van der Waals surface area contributed by atoms with Crippen molar-refractivity contribution in [3.8, 4) is 11.5 Å². The Balaban J connectivity index is 2.47. The first-order valence-electron chi connectivity index (χ1n) is 7.62. The molecule has 0 aromatic heterocycles. The molecule has 1 aromatic rings. The van der Waals surface area contributed by atoms with Gasteiger partial charge in [-0.3, -0.25) is 9.59 Å². The molecule has 1 rings (SSSR count). The highest BCUT2D eigenvalue weighted by Crippen LogP contribution is 2.25. The van der Waals surface area contributed by atoms with Crippen LogP contribution in [0, 0.1) is 5.92 Å². The number of ether oxygens (including phenoxy) is 2. The van der Waals surface area contributed by atoms with Crippen LogP contribution in [0.3, 0.4) is 0 Å². The van der Waals surface area contributed by atoms with Crippen LogP contribution in [-0.2, 0) is 16.0 Å². The molecular formula is C17H25NO5. The van der Waals surface area contributed by atoms with Gasteiger partial charge < -0.3 is 19.9 Å². The standard InChI is InChI=1S/C17H25NO5/c1-11(17(20)21)12(2)18-16(19)7-5-6-13-8-9-14(22-3)10-15(13)23-4/h8-12H,5-7H2,1-4H3,(H,18,19)(H,20,21). The Bertz CT molecular complexity index is 544. The lowest BCUT2D eigenvalue weighted by Gasteiger charge is -2.17. The van der Waals surface area contributed by atoms with Crippen molar-refractivity contribution in [2.45, 2.75) is 39.2 Å². The number of benzene rings is 1. The van der Waals surface area contributed by atoms with Crippen molar-refractivity contribution in [3.05, 3.63) is 23.8 Å². The highest BCUT2D eigenvalue weighted by Gasteiger charge is 2.20. The van der Waals surface area contributed by atoms with Gasteiger partial charge in [0.15, 0.2) is 0 Å². The zero-order valence-electron chi connectivity index (χ0n) is 14.1. The molecule has 0 spiro atoms. The molecule has 0 saturated heterocycles. The van der Waals surface area contributed by atoms with Crippen LogP contribution in [0.15, 0.2) is 18.2 Å². The van der Waals surface area contributed by atoms with E-state index in [1.54, 1.807) is 28.1 Å². The van der Waals surface area contributed by atoms with Crippen LogP contribution < -0.4 is 14.8 Å². The van der Waals surface area contributed by atoms with Gasteiger partial charge in [0.1, 0.15) is 11.5 Å². The highest BCUT2D eigenvalue weighted by atomic mass is 16.5. The quantitative estimate of drug-likeness (QED) is 0.728. The van der Waals surface area contributed by atoms with E-state index in [1.165, 1.54) is 0 Å². The lowest BCUT2D eigenvalue weighted by atomic mass is 10.0. The highest BCUT2D eigenvalue weighted by molar-refractivity contribution is 5.77. The first-order valence-corrected chi connectivity index (χ1v) is 7.62. The molecule has 0 bridgehead atoms. The Hall–Kier alpha value is -2.24. The van der Waals surface area contributed by atoms with Crippen molar-refractivity contribution >= 4 is 11.9 Å². The van der Waals surface area contributed by atoms with Crippen molar-refractivity contribution < 1.29 is 24.2 Å². The Morgan fingerprint density at radius 1 is 1.22 bits per heavy atom. The minimum absolute atomic E-state index is 0.141. The molecule has 2 atom stereocenters. The predicted molar refractivity (Wildman–Crippen MR) is 86.9 cm³/mol. The van der Waals surface area contributed by atoms with E-state index in [9.17, 15) is 9.59 Å². The van der Waals surface area contributed by atoms with E-state index in [4.69, 9.17) is 14.6 Å². The number of methoxy groups -OCH3 is 2. The predicted octanol–water partition coefficient (Wildman–Crippen LogP) is 2.25. The van der Waals surface area contributed by atoms with Crippen molar-refractivity contribution in [1.29, 1.82) is 0 Å². The monoisotopic (exact) mass is 323 g/mol. The summed E-state index contributed by atoms with van der Waals surface area (Å²) in [5.41, 5.74) is 1.01. The van der Waals surface area contributed by atoms with Crippen molar-refractivity contribution in [1.82, 2.24) is 5.32 Å². The third-order valence-electron chi connectivity index (χ3n) is 3.87. The van der Waals surface area contributed by atoms with E-state index in [-0.39, 0.29) is 5.91 Å². The minimum Gasteiger partial charge on any atom is -0.497 e. The summed E-state index contributed by atoms with van der Waals surface area (Å²) < 4.78 is 10.5. The molecule has 128 valence electrons. The Kier molecular flexibility index (Phi) is 7.38. The third-order valence-corrected chi connectivity index (χ3v) is 3.87. The largest absolute Gasteiger partial charge is 0.497 e. The Labute approximate surface area is 136 Å². The van der Waals surface area contributed by atoms with Gasteiger partial charge >= 0.3 is 5.97 Å². The molecule has 1 amide bonds. The molecule has 6 nitrogen and oxygen atoms in total. The lowest BCUT2D eigenvalue weighted by Crippen LogP contribution is -2.39. The maximum atomic E-state index is 11.9. The van der Waals surface area contributed by atoms with E-state index in [1.807, 2.05) is 18.2 Å². The van der Waals surface area contributed by atoms with E-state index in [0.29, 0.717) is 19.3 Å². The average molecular weight is 323 g/mol. The second-order valence-corrected chi connectivity index (χ2v) is 5.51. The first-order chi connectivity index (χ1) is 10.9. The summed E-state index contributed by atoms with van der Waals surface area (Å²) in [5, 5.41) is 11.6. The number of carbonyl (C=O) groups excluding carboxylic acids is 1. The van der Waals surface area contributed by atoms with Crippen LogP contribution >= 0.6 is 0 Å². The molecule has 1 aromatic carbocycles. The summed E-state index contributed by atoms with van der Waals surface area (Å²) in [6.45, 7) is 3.28. The summed E-state index contributed by atoms with van der Waals surface area (Å²) in [4.78, 5) is 22.7. The number of nitrogens with one attached hydrogen (secondary N) is 1. The van der Waals surface area contributed by atoms with Crippen molar-refractivity contribution in [2.24, 2.45) is 5.92 Å². The second kappa shape index (κ2) is 9.02. The van der Waals surface area contributed by atoms with E-state index >= 15 is 0 Å². The number of aryl methyl sites for hydroxylation is 1. The SMILES string of the molecule is COc1ccc(CCCC(=O)NC(C)C(C)C(=O)O)c(OC)c1. The normalized spacial score (nSPS) is 13.0. The lowest BCUT2D eigenvalue weighted by molar-refractivity contribution is -0.142. The number of hydrogen-bond acceptors (Lipinski definition) is 4. The summed E-state index contributed by atoms with van der Waals surface area (Å²) in [5.74, 6) is -0.211. The average Bonchev–Trinajstić information content (AvgIpc) is 2.53. The van der Waals surface area contributed by atoms with Gasteiger partial charge in [0.2, 0.25) is 5.91 Å². The fourth-order valence-electron chi connectivity index (χ4n) is 2.16. The van der Waals surface area contributed by atoms with Crippen LogP contribution in [0.4, 0.5) is 0 Å². The molecule has 23 heavy (non-hydrogen) atoms. The number of rotatable bonds is 9. The molecule has 0 aliphatic carbocycles. The third kappa shape index (κ3) is 5.81. The van der Waals surface area contributed by atoms with Crippen LogP contribution in [0.25, 0.3) is 0 Å². The first kappa shape index (κ1) is 18.8. The Morgan fingerprint density at radius 2 is 1.91 bits per heavy atom. The Morgan fingerprint density at radius 3 is 2.48 bits per heavy atom. The molecule has 2 N–H and O–H groups in total. The molecule has 0 heterocycles. The van der Waals surface area contributed by atoms with Gasteiger partial charge in [-0.25, -0.2) is 0 Å². The summed E-state index contributed by atoms with van der Waals surface area (Å²) in [6, 6.07) is 5.20. The topological polar surface area (TPSA) is 84.9 Å². The zero-order valence-corrected chi connectivity index (χ0v) is 14.1. The van der Waals surface area contributed by atoms with E-state index < -0.39 is 17.9 Å². The second-order valence-electron chi connectivity index (χ2n) is 5.51. The summed E-state index contributed by atoms with van der Waals surface area (Å²) in [6.07, 6.45) is 1.69. The van der Waals surface area contributed by atoms with E-state index in [0.717, 1.165) is 17.1 Å².